The lowest BCUT2D eigenvalue weighted by Crippen LogP contribution is -2.47. The third kappa shape index (κ3) is 8.14. The fourth-order valence-electron chi connectivity index (χ4n) is 4.30. The van der Waals surface area contributed by atoms with Gasteiger partial charge >= 0.3 is 6.09 Å². The number of piperazine rings is 1. The molecule has 1 N–H and O–H groups in total. The number of pyridine rings is 1. The van der Waals surface area contributed by atoms with Crippen molar-refractivity contribution in [3.8, 4) is 11.1 Å². The molecule has 0 saturated carbocycles. The van der Waals surface area contributed by atoms with E-state index < -0.39 is 11.7 Å². The van der Waals surface area contributed by atoms with Crippen LogP contribution in [0, 0.1) is 0 Å². The number of anilines is 2. The van der Waals surface area contributed by atoms with E-state index in [1.165, 1.54) is 6.20 Å². The van der Waals surface area contributed by atoms with Gasteiger partial charge in [-0.3, -0.25) is 9.59 Å². The smallest absolute Gasteiger partial charge is 0.408 e. The molecule has 2 amide bonds. The average molecular weight is 580 g/mol. The van der Waals surface area contributed by atoms with E-state index in [0.717, 1.165) is 23.0 Å². The number of likely N-dealkylation sites (N-methyl/N-ethyl adjacent to an activating group) is 1. The Bertz CT molecular complexity index is 1390. The quantitative estimate of drug-likeness (QED) is 0.397. The molecule has 12 heteroatoms. The van der Waals surface area contributed by atoms with Crippen LogP contribution in [0.15, 0.2) is 48.9 Å². The number of carbonyl (C=O) groups excluding carboxylic acids is 3. The molecular formula is C29H34ClN7O4. The fourth-order valence-corrected chi connectivity index (χ4v) is 4.60. The first kappa shape index (κ1) is 29.7. The summed E-state index contributed by atoms with van der Waals surface area (Å²) in [6, 6.07) is 9.46. The Morgan fingerprint density at radius 3 is 2.34 bits per heavy atom. The summed E-state index contributed by atoms with van der Waals surface area (Å²) in [6.07, 6.45) is 5.22. The van der Waals surface area contributed by atoms with Gasteiger partial charge in [0, 0.05) is 69.5 Å². The molecular weight excluding hydrogens is 546 g/mol. The van der Waals surface area contributed by atoms with Crippen LogP contribution in [0.25, 0.3) is 11.1 Å². The Morgan fingerprint density at radius 2 is 1.71 bits per heavy atom. The maximum absolute atomic E-state index is 12.5. The number of rotatable bonds is 8. The Kier molecular flexibility index (Phi) is 9.38. The van der Waals surface area contributed by atoms with Crippen LogP contribution in [0.5, 0.6) is 0 Å². The van der Waals surface area contributed by atoms with Crippen LogP contribution < -0.4 is 15.1 Å². The summed E-state index contributed by atoms with van der Waals surface area (Å²) >= 11 is 6.33. The highest BCUT2D eigenvalue weighted by molar-refractivity contribution is 6.33. The summed E-state index contributed by atoms with van der Waals surface area (Å²) in [5.74, 6) is 1.08. The van der Waals surface area contributed by atoms with Gasteiger partial charge in [0.1, 0.15) is 18.0 Å². The van der Waals surface area contributed by atoms with Crippen LogP contribution in [0.4, 0.5) is 16.6 Å². The molecule has 0 atom stereocenters. The summed E-state index contributed by atoms with van der Waals surface area (Å²) in [6.45, 7) is 8.31. The van der Waals surface area contributed by atoms with Crippen LogP contribution in [0.1, 0.15) is 36.7 Å². The van der Waals surface area contributed by atoms with E-state index in [0.29, 0.717) is 55.1 Å². The minimum absolute atomic E-state index is 0.148. The molecule has 1 fully saturated rings. The van der Waals surface area contributed by atoms with E-state index in [1.807, 2.05) is 24.3 Å². The molecule has 11 nitrogen and oxygen atoms in total. The number of nitrogens with one attached hydrogen (secondary N) is 1. The second-order valence-electron chi connectivity index (χ2n) is 10.7. The van der Waals surface area contributed by atoms with Gasteiger partial charge in [-0.05, 0) is 44.0 Å². The van der Waals surface area contributed by atoms with Crippen molar-refractivity contribution in [2.45, 2.75) is 32.9 Å². The number of halogens is 1. The van der Waals surface area contributed by atoms with E-state index in [9.17, 15) is 14.4 Å². The van der Waals surface area contributed by atoms with Gasteiger partial charge in [-0.25, -0.2) is 19.7 Å². The molecule has 0 bridgehead atoms. The van der Waals surface area contributed by atoms with Crippen molar-refractivity contribution in [1.29, 1.82) is 0 Å². The number of hydrogen-bond donors (Lipinski definition) is 1. The first-order valence-corrected chi connectivity index (χ1v) is 13.6. The van der Waals surface area contributed by atoms with Crippen LogP contribution in [-0.4, -0.2) is 83.5 Å². The zero-order valence-electron chi connectivity index (χ0n) is 23.6. The van der Waals surface area contributed by atoms with Crippen molar-refractivity contribution in [2.24, 2.45) is 0 Å². The van der Waals surface area contributed by atoms with Gasteiger partial charge in [-0.15, -0.1) is 0 Å². The standard InChI is InChI=1S/C29H34ClN7O4/c1-29(2,3)41-28(40)34-17-25(39)35(4)18-20-6-5-7-22(12-20)23-15-32-27(33-16-23)37-10-8-36(9-11-37)26-24(30)13-21(19-38)14-31-26/h5-7,12-16,19H,8-11,17-18H2,1-4H3,(H,34,40). The molecule has 2 aromatic heterocycles. The topological polar surface area (TPSA) is 121 Å². The molecule has 3 heterocycles. The third-order valence-electron chi connectivity index (χ3n) is 6.37. The van der Waals surface area contributed by atoms with Gasteiger partial charge < -0.3 is 24.8 Å². The molecule has 0 radical (unpaired) electrons. The third-order valence-corrected chi connectivity index (χ3v) is 6.65. The number of hydrogen-bond acceptors (Lipinski definition) is 9. The number of ether oxygens (including phenoxy) is 1. The Balaban J connectivity index is 1.31. The predicted molar refractivity (Wildman–Crippen MR) is 157 cm³/mol. The first-order valence-electron chi connectivity index (χ1n) is 13.2. The highest BCUT2D eigenvalue weighted by Gasteiger charge is 2.22. The number of nitrogens with zero attached hydrogens (tertiary/aromatic N) is 6. The summed E-state index contributed by atoms with van der Waals surface area (Å²) in [5.41, 5.74) is 2.55. The van der Waals surface area contributed by atoms with E-state index >= 15 is 0 Å². The van der Waals surface area contributed by atoms with Gasteiger partial charge in [-0.2, -0.15) is 0 Å². The van der Waals surface area contributed by atoms with Gasteiger partial charge in [0.2, 0.25) is 11.9 Å². The van der Waals surface area contributed by atoms with Crippen molar-refractivity contribution in [3.05, 3.63) is 65.1 Å². The maximum Gasteiger partial charge on any atom is 0.408 e. The maximum atomic E-state index is 12.5. The van der Waals surface area contributed by atoms with E-state index in [1.54, 1.807) is 51.2 Å². The molecule has 1 aromatic carbocycles. The normalized spacial score (nSPS) is 13.5. The van der Waals surface area contributed by atoms with Gasteiger partial charge in [0.15, 0.2) is 6.29 Å². The minimum Gasteiger partial charge on any atom is -0.444 e. The number of amides is 2. The summed E-state index contributed by atoms with van der Waals surface area (Å²) in [7, 11) is 1.69. The number of carbonyl (C=O) groups is 3. The minimum atomic E-state index is -0.630. The van der Waals surface area contributed by atoms with Crippen molar-refractivity contribution >= 4 is 41.7 Å². The van der Waals surface area contributed by atoms with Crippen molar-refractivity contribution in [1.82, 2.24) is 25.2 Å². The van der Waals surface area contributed by atoms with Gasteiger partial charge in [0.05, 0.1) is 5.02 Å². The number of benzene rings is 1. The van der Waals surface area contributed by atoms with E-state index in [-0.39, 0.29) is 12.5 Å². The lowest BCUT2D eigenvalue weighted by molar-refractivity contribution is -0.129. The van der Waals surface area contributed by atoms with Crippen LogP contribution >= 0.6 is 11.6 Å². The van der Waals surface area contributed by atoms with Gasteiger partial charge in [0.25, 0.3) is 0 Å². The SMILES string of the molecule is CN(Cc1cccc(-c2cnc(N3CCN(c4ncc(C=O)cc4Cl)CC3)nc2)c1)C(=O)CNC(=O)OC(C)(C)C. The molecule has 3 aromatic rings. The largest absolute Gasteiger partial charge is 0.444 e. The highest BCUT2D eigenvalue weighted by atomic mass is 35.5. The number of aldehydes is 1. The number of alkyl carbamates (subject to hydrolysis) is 1. The molecule has 0 aliphatic carbocycles. The Labute approximate surface area is 244 Å². The molecule has 1 aliphatic heterocycles. The van der Waals surface area contributed by atoms with Crippen molar-refractivity contribution in [3.63, 3.8) is 0 Å². The summed E-state index contributed by atoms with van der Waals surface area (Å²) in [5, 5.41) is 2.95. The van der Waals surface area contributed by atoms with Crippen molar-refractivity contribution in [2.75, 3.05) is 49.6 Å². The van der Waals surface area contributed by atoms with Crippen LogP contribution in [0.3, 0.4) is 0 Å². The summed E-state index contributed by atoms with van der Waals surface area (Å²) in [4.78, 5) is 54.6. The van der Waals surface area contributed by atoms with Crippen molar-refractivity contribution < 1.29 is 19.1 Å². The first-order chi connectivity index (χ1) is 19.5. The molecule has 1 aliphatic rings. The fraction of sp³-hybridized carbons (Fsp3) is 0.379. The van der Waals surface area contributed by atoms with E-state index in [2.05, 4.69) is 30.1 Å². The van der Waals surface area contributed by atoms with Crippen LogP contribution in [-0.2, 0) is 16.1 Å². The monoisotopic (exact) mass is 579 g/mol. The summed E-state index contributed by atoms with van der Waals surface area (Å²) < 4.78 is 5.18. The zero-order chi connectivity index (χ0) is 29.6. The predicted octanol–water partition coefficient (Wildman–Crippen LogP) is 3.81. The highest BCUT2D eigenvalue weighted by Crippen LogP contribution is 2.26. The molecule has 41 heavy (non-hydrogen) atoms. The lowest BCUT2D eigenvalue weighted by atomic mass is 10.1. The molecule has 0 unspecified atom stereocenters. The second-order valence-corrected chi connectivity index (χ2v) is 11.2. The van der Waals surface area contributed by atoms with E-state index in [4.69, 9.17) is 16.3 Å². The van der Waals surface area contributed by atoms with Crippen LogP contribution in [0.2, 0.25) is 5.02 Å². The molecule has 216 valence electrons. The molecule has 4 rings (SSSR count). The van der Waals surface area contributed by atoms with Gasteiger partial charge in [-0.1, -0.05) is 29.8 Å². The lowest BCUT2D eigenvalue weighted by Gasteiger charge is -2.35. The average Bonchev–Trinajstić information content (AvgIpc) is 2.95. The molecule has 0 spiro atoms. The zero-order valence-corrected chi connectivity index (χ0v) is 24.4. The Hall–Kier alpha value is -4.25. The molecule has 1 saturated heterocycles. The Morgan fingerprint density at radius 1 is 1.02 bits per heavy atom. The second kappa shape index (κ2) is 12.9. The number of aromatic nitrogens is 3.